The summed E-state index contributed by atoms with van der Waals surface area (Å²) in [5.41, 5.74) is 0.849. The summed E-state index contributed by atoms with van der Waals surface area (Å²) in [4.78, 5) is 4.62. The van der Waals surface area contributed by atoms with E-state index >= 15 is 0 Å². The van der Waals surface area contributed by atoms with Gasteiger partial charge in [-0.25, -0.2) is 9.38 Å². The van der Waals surface area contributed by atoms with E-state index in [-0.39, 0.29) is 29.8 Å². The minimum absolute atomic E-state index is 0. The first-order chi connectivity index (χ1) is 12.1. The Morgan fingerprint density at radius 2 is 2.08 bits per heavy atom. The van der Waals surface area contributed by atoms with Crippen LogP contribution in [-0.2, 0) is 20.1 Å². The van der Waals surface area contributed by atoms with E-state index in [4.69, 9.17) is 0 Å². The molecule has 26 heavy (non-hydrogen) atoms. The Hall–Kier alpha value is -1.71. The molecule has 1 fully saturated rings. The van der Waals surface area contributed by atoms with E-state index in [0.29, 0.717) is 19.1 Å². The van der Waals surface area contributed by atoms with Gasteiger partial charge in [-0.05, 0) is 37.5 Å². The van der Waals surface area contributed by atoms with Gasteiger partial charge < -0.3 is 15.2 Å². The third-order valence-electron chi connectivity index (χ3n) is 4.60. The predicted molar refractivity (Wildman–Crippen MR) is 111 cm³/mol. The van der Waals surface area contributed by atoms with Crippen LogP contribution >= 0.6 is 24.0 Å². The smallest absolute Gasteiger partial charge is 0.192 e. The van der Waals surface area contributed by atoms with Gasteiger partial charge in [0.15, 0.2) is 11.8 Å². The van der Waals surface area contributed by atoms with E-state index in [1.807, 2.05) is 24.6 Å². The van der Waals surface area contributed by atoms with E-state index in [1.165, 1.54) is 25.0 Å². The molecule has 0 amide bonds. The number of nitrogens with zero attached hydrogens (tertiary/aromatic N) is 4. The Labute approximate surface area is 170 Å². The molecule has 1 aromatic carbocycles. The molecule has 142 valence electrons. The van der Waals surface area contributed by atoms with Crippen molar-refractivity contribution in [2.24, 2.45) is 12.0 Å². The molecule has 1 aliphatic rings. The number of nitrogens with one attached hydrogen (secondary N) is 2. The summed E-state index contributed by atoms with van der Waals surface area (Å²) < 4.78 is 15.3. The van der Waals surface area contributed by atoms with Gasteiger partial charge >= 0.3 is 0 Å². The van der Waals surface area contributed by atoms with Gasteiger partial charge in [-0.1, -0.05) is 25.0 Å². The molecule has 0 aliphatic heterocycles. The summed E-state index contributed by atoms with van der Waals surface area (Å²) in [5.74, 6) is 2.22. The van der Waals surface area contributed by atoms with Gasteiger partial charge in [-0.2, -0.15) is 0 Å². The summed E-state index contributed by atoms with van der Waals surface area (Å²) in [6.07, 6.45) is 4.81. The van der Waals surface area contributed by atoms with Crippen LogP contribution < -0.4 is 10.6 Å². The van der Waals surface area contributed by atoms with Crippen molar-refractivity contribution >= 4 is 29.9 Å². The maximum Gasteiger partial charge on any atom is 0.192 e. The summed E-state index contributed by atoms with van der Waals surface area (Å²) in [7, 11) is 1.94. The molecule has 0 bridgehead atoms. The van der Waals surface area contributed by atoms with Crippen molar-refractivity contribution in [1.29, 1.82) is 0 Å². The average molecular weight is 472 g/mol. The Bertz CT molecular complexity index is 739. The molecule has 1 aromatic heterocycles. The highest BCUT2D eigenvalue weighted by Gasteiger charge is 2.16. The minimum Gasteiger partial charge on any atom is -0.354 e. The highest BCUT2D eigenvalue weighted by molar-refractivity contribution is 14.0. The number of guanidine groups is 1. The first-order valence-electron chi connectivity index (χ1n) is 8.76. The summed E-state index contributed by atoms with van der Waals surface area (Å²) in [5, 5.41) is 15.0. The van der Waals surface area contributed by atoms with Gasteiger partial charge in [0.05, 0.1) is 13.1 Å². The fourth-order valence-corrected chi connectivity index (χ4v) is 2.99. The van der Waals surface area contributed by atoms with Gasteiger partial charge in [0.2, 0.25) is 0 Å². The minimum atomic E-state index is -0.236. The van der Waals surface area contributed by atoms with Gasteiger partial charge in [-0.15, -0.1) is 34.2 Å². The topological polar surface area (TPSA) is 67.1 Å². The highest BCUT2D eigenvalue weighted by Crippen LogP contribution is 2.17. The molecule has 0 unspecified atom stereocenters. The maximum atomic E-state index is 13.3. The predicted octanol–water partition coefficient (Wildman–Crippen LogP) is 3.06. The fraction of sp³-hybridized carbons (Fsp3) is 0.500. The maximum absolute atomic E-state index is 13.3. The Kier molecular flexibility index (Phi) is 7.80. The lowest BCUT2D eigenvalue weighted by atomic mass is 10.2. The van der Waals surface area contributed by atoms with Crippen LogP contribution in [0.4, 0.5) is 4.39 Å². The molecule has 3 rings (SSSR count). The molecule has 2 N–H and O–H groups in total. The zero-order valence-corrected chi connectivity index (χ0v) is 17.5. The number of aliphatic imine (C=N–C) groups is 1. The zero-order chi connectivity index (χ0) is 17.6. The number of hydrogen-bond donors (Lipinski definition) is 2. The van der Waals surface area contributed by atoms with Crippen molar-refractivity contribution in [2.45, 2.75) is 51.7 Å². The van der Waals surface area contributed by atoms with Crippen molar-refractivity contribution in [2.75, 3.05) is 0 Å². The van der Waals surface area contributed by atoms with Crippen molar-refractivity contribution in [1.82, 2.24) is 25.4 Å². The number of hydrogen-bond acceptors (Lipinski definition) is 3. The standard InChI is InChI=1S/C18H25FN6.HI/c1-13-23-24-17(25(13)2)12-21-18(22-16-8-3-4-9-16)20-11-14-6-5-7-15(19)10-14;/h5-7,10,16H,3-4,8-9,11-12H2,1-2H3,(H2,20,21,22);1H. The van der Waals surface area contributed by atoms with Crippen LogP contribution in [0.3, 0.4) is 0 Å². The quantitative estimate of drug-likeness (QED) is 0.399. The van der Waals surface area contributed by atoms with Gasteiger partial charge in [0, 0.05) is 13.1 Å². The van der Waals surface area contributed by atoms with Crippen LogP contribution in [0.25, 0.3) is 0 Å². The Morgan fingerprint density at radius 3 is 2.73 bits per heavy atom. The molecule has 2 aromatic rings. The van der Waals surface area contributed by atoms with Crippen molar-refractivity contribution in [3.05, 3.63) is 47.3 Å². The lowest BCUT2D eigenvalue weighted by Crippen LogP contribution is -2.42. The van der Waals surface area contributed by atoms with Crippen LogP contribution in [-0.4, -0.2) is 26.8 Å². The average Bonchev–Trinajstić information content (AvgIpc) is 3.22. The van der Waals surface area contributed by atoms with Gasteiger partial charge in [0.1, 0.15) is 11.6 Å². The fourth-order valence-electron chi connectivity index (χ4n) is 2.99. The normalized spacial score (nSPS) is 15.0. The molecule has 0 atom stereocenters. The first-order valence-corrected chi connectivity index (χ1v) is 8.76. The van der Waals surface area contributed by atoms with Gasteiger partial charge in [0.25, 0.3) is 0 Å². The van der Waals surface area contributed by atoms with E-state index in [0.717, 1.165) is 36.0 Å². The van der Waals surface area contributed by atoms with Crippen LogP contribution in [0.15, 0.2) is 29.3 Å². The lowest BCUT2D eigenvalue weighted by molar-refractivity contribution is 0.605. The zero-order valence-electron chi connectivity index (χ0n) is 15.2. The van der Waals surface area contributed by atoms with E-state index in [2.05, 4.69) is 25.8 Å². The second-order valence-corrected chi connectivity index (χ2v) is 6.50. The van der Waals surface area contributed by atoms with Crippen LogP contribution in [0.5, 0.6) is 0 Å². The van der Waals surface area contributed by atoms with Crippen molar-refractivity contribution in [3.63, 3.8) is 0 Å². The van der Waals surface area contributed by atoms with Crippen molar-refractivity contribution in [3.8, 4) is 0 Å². The Balaban J connectivity index is 0.00000243. The number of rotatable bonds is 5. The lowest BCUT2D eigenvalue weighted by Gasteiger charge is -2.17. The second kappa shape index (κ2) is 9.84. The molecule has 1 aliphatic carbocycles. The third kappa shape index (κ3) is 5.65. The number of benzene rings is 1. The monoisotopic (exact) mass is 472 g/mol. The summed E-state index contributed by atoms with van der Waals surface area (Å²) in [6, 6.07) is 6.99. The largest absolute Gasteiger partial charge is 0.354 e. The van der Waals surface area contributed by atoms with Crippen LogP contribution in [0.2, 0.25) is 0 Å². The molecule has 1 saturated carbocycles. The van der Waals surface area contributed by atoms with Crippen molar-refractivity contribution < 1.29 is 4.39 Å². The number of halogens is 2. The van der Waals surface area contributed by atoms with Crippen LogP contribution in [0.1, 0.15) is 42.9 Å². The molecule has 1 heterocycles. The molecule has 6 nitrogen and oxygen atoms in total. The SMILES string of the molecule is Cc1nnc(CNC(=NCc2cccc(F)c2)NC2CCCC2)n1C.I. The highest BCUT2D eigenvalue weighted by atomic mass is 127. The molecule has 0 radical (unpaired) electrons. The summed E-state index contributed by atoms with van der Waals surface area (Å²) >= 11 is 0. The first kappa shape index (κ1) is 20.6. The molecular weight excluding hydrogens is 446 g/mol. The second-order valence-electron chi connectivity index (χ2n) is 6.50. The third-order valence-corrected chi connectivity index (χ3v) is 4.60. The molecule has 0 saturated heterocycles. The van der Waals surface area contributed by atoms with E-state index in [9.17, 15) is 4.39 Å². The molecule has 8 heteroatoms. The summed E-state index contributed by atoms with van der Waals surface area (Å²) in [6.45, 7) is 2.89. The molecule has 0 spiro atoms. The van der Waals surface area contributed by atoms with Crippen LogP contribution in [0, 0.1) is 12.7 Å². The number of aromatic nitrogens is 3. The van der Waals surface area contributed by atoms with E-state index in [1.54, 1.807) is 6.07 Å². The number of aryl methyl sites for hydroxylation is 1. The Morgan fingerprint density at radius 1 is 1.31 bits per heavy atom. The van der Waals surface area contributed by atoms with E-state index < -0.39 is 0 Å². The molecular formula is C18H26FIN6. The van der Waals surface area contributed by atoms with Gasteiger partial charge in [-0.3, -0.25) is 0 Å².